The molecule has 1 aliphatic rings. The van der Waals surface area contributed by atoms with E-state index in [0.717, 1.165) is 25.7 Å². The van der Waals surface area contributed by atoms with Gasteiger partial charge in [-0.05, 0) is 12.8 Å². The van der Waals surface area contributed by atoms with Crippen LogP contribution in [0.3, 0.4) is 0 Å². The van der Waals surface area contributed by atoms with Crippen molar-refractivity contribution in [3.8, 4) is 0 Å². The molecule has 0 aromatic rings. The average Bonchev–Trinajstić information content (AvgIpc) is 2.38. The maximum Gasteiger partial charge on any atom is 0.313 e. The Morgan fingerprint density at radius 2 is 1.79 bits per heavy atom. The molecule has 0 saturated carbocycles. The van der Waals surface area contributed by atoms with Crippen LogP contribution >= 0.6 is 0 Å². The first-order chi connectivity index (χ1) is 9.19. The van der Waals surface area contributed by atoms with Gasteiger partial charge in [-0.3, -0.25) is 4.79 Å². The molecule has 3 heteroatoms. The predicted octanol–water partition coefficient (Wildman–Crippen LogP) is 3.83. The average molecular weight is 270 g/mol. The molecule has 0 bridgehead atoms. The van der Waals surface area contributed by atoms with Crippen molar-refractivity contribution in [2.75, 3.05) is 0 Å². The molecule has 0 spiro atoms. The number of esters is 1. The van der Waals surface area contributed by atoms with Crippen LogP contribution in [-0.2, 0) is 9.53 Å². The number of aliphatic hydroxyl groups is 1. The van der Waals surface area contributed by atoms with Gasteiger partial charge in [0.05, 0.1) is 12.0 Å². The maximum absolute atomic E-state index is 11.4. The Balaban J connectivity index is 2.16. The van der Waals surface area contributed by atoms with Crippen LogP contribution in [0.5, 0.6) is 0 Å². The minimum absolute atomic E-state index is 0.0225. The standard InChI is InChI=1S/C16H30O3/c1-3-5-7-9-11-14-15(19-16(14)18)12-13(17)10-8-6-4-2/h13-15,17H,3-12H2,1-2H3/t13-,14+,15+/m1/s1. The number of cyclic esters (lactones) is 1. The Kier molecular flexibility index (Phi) is 8.11. The first kappa shape index (κ1) is 16.5. The summed E-state index contributed by atoms with van der Waals surface area (Å²) in [5.74, 6) is -0.0000575. The maximum atomic E-state index is 11.4. The highest BCUT2D eigenvalue weighted by Gasteiger charge is 2.42. The first-order valence-electron chi connectivity index (χ1n) is 8.07. The van der Waals surface area contributed by atoms with Crippen LogP contribution in [-0.4, -0.2) is 23.3 Å². The molecule has 0 aromatic carbocycles. The lowest BCUT2D eigenvalue weighted by Crippen LogP contribution is -2.46. The van der Waals surface area contributed by atoms with Gasteiger partial charge in [0, 0.05) is 6.42 Å². The fourth-order valence-corrected chi connectivity index (χ4v) is 2.72. The zero-order chi connectivity index (χ0) is 14.1. The van der Waals surface area contributed by atoms with E-state index in [-0.39, 0.29) is 24.1 Å². The monoisotopic (exact) mass is 270 g/mol. The molecular formula is C16H30O3. The molecule has 1 fully saturated rings. The summed E-state index contributed by atoms with van der Waals surface area (Å²) in [5.41, 5.74) is 0. The third-order valence-electron chi connectivity index (χ3n) is 4.03. The van der Waals surface area contributed by atoms with Crippen molar-refractivity contribution in [2.24, 2.45) is 5.92 Å². The van der Waals surface area contributed by atoms with Gasteiger partial charge in [-0.2, -0.15) is 0 Å². The first-order valence-corrected chi connectivity index (χ1v) is 8.07. The number of carbonyl (C=O) groups is 1. The van der Waals surface area contributed by atoms with Crippen molar-refractivity contribution in [3.05, 3.63) is 0 Å². The second-order valence-corrected chi connectivity index (χ2v) is 5.82. The largest absolute Gasteiger partial charge is 0.461 e. The zero-order valence-electron chi connectivity index (χ0n) is 12.6. The fourth-order valence-electron chi connectivity index (χ4n) is 2.72. The Labute approximate surface area is 117 Å². The van der Waals surface area contributed by atoms with E-state index in [4.69, 9.17) is 4.74 Å². The van der Waals surface area contributed by atoms with E-state index in [9.17, 15) is 9.90 Å². The zero-order valence-corrected chi connectivity index (χ0v) is 12.6. The van der Waals surface area contributed by atoms with Gasteiger partial charge in [-0.25, -0.2) is 0 Å². The van der Waals surface area contributed by atoms with Crippen LogP contribution in [0.1, 0.15) is 78.1 Å². The van der Waals surface area contributed by atoms with Crippen molar-refractivity contribution >= 4 is 5.97 Å². The van der Waals surface area contributed by atoms with Crippen molar-refractivity contribution in [2.45, 2.75) is 90.3 Å². The molecular weight excluding hydrogens is 240 g/mol. The number of carbonyl (C=O) groups excluding carboxylic acids is 1. The molecule has 0 radical (unpaired) electrons. The van der Waals surface area contributed by atoms with Gasteiger partial charge >= 0.3 is 5.97 Å². The van der Waals surface area contributed by atoms with Gasteiger partial charge in [0.1, 0.15) is 6.10 Å². The summed E-state index contributed by atoms with van der Waals surface area (Å²) in [5, 5.41) is 9.93. The van der Waals surface area contributed by atoms with Gasteiger partial charge in [0.15, 0.2) is 0 Å². The second kappa shape index (κ2) is 9.35. The van der Waals surface area contributed by atoms with Gasteiger partial charge in [-0.1, -0.05) is 58.8 Å². The number of unbranched alkanes of at least 4 members (excludes halogenated alkanes) is 5. The van der Waals surface area contributed by atoms with Gasteiger partial charge in [-0.15, -0.1) is 0 Å². The third-order valence-corrected chi connectivity index (χ3v) is 4.03. The molecule has 3 nitrogen and oxygen atoms in total. The van der Waals surface area contributed by atoms with Crippen LogP contribution in [0.15, 0.2) is 0 Å². The summed E-state index contributed by atoms with van der Waals surface area (Å²) in [6.45, 7) is 4.35. The molecule has 112 valence electrons. The predicted molar refractivity (Wildman–Crippen MR) is 76.9 cm³/mol. The smallest absolute Gasteiger partial charge is 0.313 e. The molecule has 0 unspecified atom stereocenters. The highest BCUT2D eigenvalue weighted by molar-refractivity contribution is 5.78. The van der Waals surface area contributed by atoms with Crippen molar-refractivity contribution in [3.63, 3.8) is 0 Å². The van der Waals surface area contributed by atoms with Gasteiger partial charge in [0.2, 0.25) is 0 Å². The van der Waals surface area contributed by atoms with Crippen molar-refractivity contribution in [1.29, 1.82) is 0 Å². The third kappa shape index (κ3) is 5.94. The summed E-state index contributed by atoms with van der Waals surface area (Å²) in [6, 6.07) is 0. The number of rotatable bonds is 11. The van der Waals surface area contributed by atoms with Gasteiger partial charge in [0.25, 0.3) is 0 Å². The number of aliphatic hydroxyl groups excluding tert-OH is 1. The van der Waals surface area contributed by atoms with E-state index in [1.165, 1.54) is 32.1 Å². The molecule has 3 atom stereocenters. The topological polar surface area (TPSA) is 46.5 Å². The Morgan fingerprint density at radius 1 is 1.11 bits per heavy atom. The molecule has 19 heavy (non-hydrogen) atoms. The molecule has 1 N–H and O–H groups in total. The summed E-state index contributed by atoms with van der Waals surface area (Å²) < 4.78 is 5.19. The summed E-state index contributed by atoms with van der Waals surface area (Å²) in [7, 11) is 0. The minimum Gasteiger partial charge on any atom is -0.461 e. The fraction of sp³-hybridized carbons (Fsp3) is 0.938. The van der Waals surface area contributed by atoms with E-state index >= 15 is 0 Å². The summed E-state index contributed by atoms with van der Waals surface area (Å²) in [4.78, 5) is 11.4. The van der Waals surface area contributed by atoms with Crippen LogP contribution in [0.4, 0.5) is 0 Å². The normalized spacial score (nSPS) is 23.8. The minimum atomic E-state index is -0.303. The Bertz CT molecular complexity index is 252. The van der Waals surface area contributed by atoms with Crippen LogP contribution < -0.4 is 0 Å². The molecule has 0 aliphatic carbocycles. The lowest BCUT2D eigenvalue weighted by atomic mass is 9.86. The summed E-state index contributed by atoms with van der Waals surface area (Å²) >= 11 is 0. The van der Waals surface area contributed by atoms with Crippen LogP contribution in [0, 0.1) is 5.92 Å². The Hall–Kier alpha value is -0.570. The molecule has 0 aromatic heterocycles. The van der Waals surface area contributed by atoms with E-state index in [0.29, 0.717) is 6.42 Å². The molecule has 1 rings (SSSR count). The van der Waals surface area contributed by atoms with Crippen LogP contribution in [0.25, 0.3) is 0 Å². The second-order valence-electron chi connectivity index (χ2n) is 5.82. The van der Waals surface area contributed by atoms with E-state index in [2.05, 4.69) is 13.8 Å². The lowest BCUT2D eigenvalue weighted by molar-refractivity contribution is -0.188. The molecule has 1 heterocycles. The molecule has 1 saturated heterocycles. The van der Waals surface area contributed by atoms with Gasteiger partial charge < -0.3 is 9.84 Å². The van der Waals surface area contributed by atoms with E-state index in [1.54, 1.807) is 0 Å². The Morgan fingerprint density at radius 3 is 2.42 bits per heavy atom. The molecule has 1 aliphatic heterocycles. The van der Waals surface area contributed by atoms with Crippen molar-refractivity contribution in [1.82, 2.24) is 0 Å². The number of hydrogen-bond acceptors (Lipinski definition) is 3. The highest BCUT2D eigenvalue weighted by atomic mass is 16.6. The van der Waals surface area contributed by atoms with E-state index < -0.39 is 0 Å². The quantitative estimate of drug-likeness (QED) is 0.458. The number of ether oxygens (including phenoxy) is 1. The number of hydrogen-bond donors (Lipinski definition) is 1. The lowest BCUT2D eigenvalue weighted by Gasteiger charge is -2.36. The highest BCUT2D eigenvalue weighted by Crippen LogP contribution is 2.31. The SMILES string of the molecule is CCCCCC[C@@H]1C(=O)O[C@H]1C[C@H](O)CCCCC. The summed E-state index contributed by atoms with van der Waals surface area (Å²) in [6.07, 6.45) is 10.3. The molecule has 0 amide bonds. The van der Waals surface area contributed by atoms with E-state index in [1.807, 2.05) is 0 Å². The van der Waals surface area contributed by atoms with Crippen LogP contribution in [0.2, 0.25) is 0 Å². The van der Waals surface area contributed by atoms with Crippen molar-refractivity contribution < 1.29 is 14.6 Å².